The number of hydrogen-bond donors (Lipinski definition) is 0. The van der Waals surface area contributed by atoms with Crippen molar-refractivity contribution in [1.29, 1.82) is 0 Å². The SMILES string of the molecule is CC(C)(C)c1ccc2c(c1)B1c3cc(C(C)(C)C)ccc3N(c3ccc4c(c3)C(C)(C)CCC4(C)C)c3cc(C(C)(C)C)cc(c31)N2c1ccc(-c2cccc3c2-c2ccccc2C3(C)C)cc1. The first kappa shape index (κ1) is 44.7. The highest BCUT2D eigenvalue weighted by Gasteiger charge is 2.46. The van der Waals surface area contributed by atoms with Gasteiger partial charge in [0.05, 0.1) is 0 Å². The fourth-order valence-corrected chi connectivity index (χ4v) is 12.4. The first-order chi connectivity index (χ1) is 31.9. The van der Waals surface area contributed by atoms with Crippen LogP contribution in [0.5, 0.6) is 0 Å². The summed E-state index contributed by atoms with van der Waals surface area (Å²) in [5, 5.41) is 0. The number of rotatable bonds is 3. The third-order valence-corrected chi connectivity index (χ3v) is 16.8. The van der Waals surface area contributed by atoms with Gasteiger partial charge in [0.15, 0.2) is 0 Å². The summed E-state index contributed by atoms with van der Waals surface area (Å²) in [6.45, 7) is 35.9. The Morgan fingerprint density at radius 3 is 1.49 bits per heavy atom. The lowest BCUT2D eigenvalue weighted by molar-refractivity contribution is 0.332. The molecule has 2 heterocycles. The third kappa shape index (κ3) is 6.72. The van der Waals surface area contributed by atoms with Gasteiger partial charge in [-0.1, -0.05) is 189 Å². The molecule has 0 bridgehead atoms. The van der Waals surface area contributed by atoms with Crippen LogP contribution in [0.2, 0.25) is 0 Å². The molecule has 11 rings (SSSR count). The van der Waals surface area contributed by atoms with Crippen molar-refractivity contribution in [3.63, 3.8) is 0 Å². The number of benzene rings is 7. The predicted molar refractivity (Wildman–Crippen MR) is 295 cm³/mol. The summed E-state index contributed by atoms with van der Waals surface area (Å²) in [4.78, 5) is 5.26. The van der Waals surface area contributed by atoms with Crippen molar-refractivity contribution in [2.45, 2.75) is 149 Å². The van der Waals surface area contributed by atoms with Crippen molar-refractivity contribution in [2.24, 2.45) is 0 Å². The van der Waals surface area contributed by atoms with Gasteiger partial charge in [0.1, 0.15) is 0 Å². The first-order valence-electron chi connectivity index (χ1n) is 25.4. The van der Waals surface area contributed by atoms with Gasteiger partial charge in [-0.25, -0.2) is 0 Å². The topological polar surface area (TPSA) is 6.48 Å². The normalized spacial score (nSPS) is 17.2. The van der Waals surface area contributed by atoms with Crippen LogP contribution in [0.4, 0.5) is 34.1 Å². The van der Waals surface area contributed by atoms with E-state index in [4.69, 9.17) is 0 Å². The second-order valence-corrected chi connectivity index (χ2v) is 25.8. The largest absolute Gasteiger partial charge is 0.311 e. The summed E-state index contributed by atoms with van der Waals surface area (Å²) in [5.74, 6) is 0. The van der Waals surface area contributed by atoms with Gasteiger partial charge >= 0.3 is 0 Å². The Balaban J connectivity index is 1.18. The molecule has 0 radical (unpaired) electrons. The second-order valence-electron chi connectivity index (χ2n) is 25.8. The van der Waals surface area contributed by atoms with Crippen LogP contribution in [0.15, 0.2) is 133 Å². The average molecular weight is 891 g/mol. The fourth-order valence-electron chi connectivity index (χ4n) is 12.4. The lowest BCUT2D eigenvalue weighted by Gasteiger charge is -2.46. The lowest BCUT2D eigenvalue weighted by atomic mass is 9.33. The van der Waals surface area contributed by atoms with Gasteiger partial charge in [-0.3, -0.25) is 0 Å². The summed E-state index contributed by atoms with van der Waals surface area (Å²) < 4.78 is 0. The minimum atomic E-state index is -0.103. The molecular formula is C65H71BN2. The summed E-state index contributed by atoms with van der Waals surface area (Å²) in [6, 6.07) is 52.8. The van der Waals surface area contributed by atoms with E-state index < -0.39 is 0 Å². The molecule has 344 valence electrons. The highest BCUT2D eigenvalue weighted by Crippen LogP contribution is 2.54. The van der Waals surface area contributed by atoms with E-state index in [9.17, 15) is 0 Å². The van der Waals surface area contributed by atoms with Gasteiger partial charge in [-0.05, 0) is 166 Å². The molecule has 2 nitrogen and oxygen atoms in total. The molecule has 68 heavy (non-hydrogen) atoms. The Labute approximate surface area is 408 Å². The van der Waals surface area contributed by atoms with E-state index in [1.807, 2.05) is 0 Å². The van der Waals surface area contributed by atoms with Crippen LogP contribution in [-0.2, 0) is 32.5 Å². The van der Waals surface area contributed by atoms with E-state index in [0.717, 1.165) is 0 Å². The number of nitrogens with zero attached hydrogens (tertiary/aromatic N) is 2. The third-order valence-electron chi connectivity index (χ3n) is 16.8. The van der Waals surface area contributed by atoms with Crippen LogP contribution in [0, 0.1) is 0 Å². The number of hydrogen-bond acceptors (Lipinski definition) is 2. The van der Waals surface area contributed by atoms with Crippen LogP contribution in [0.25, 0.3) is 22.3 Å². The van der Waals surface area contributed by atoms with E-state index in [1.54, 1.807) is 0 Å². The van der Waals surface area contributed by atoms with Gasteiger partial charge in [0.25, 0.3) is 6.71 Å². The summed E-state index contributed by atoms with van der Waals surface area (Å²) in [5.41, 5.74) is 26.8. The van der Waals surface area contributed by atoms with E-state index in [-0.39, 0.29) is 39.2 Å². The Morgan fingerprint density at radius 1 is 0.412 bits per heavy atom. The first-order valence-corrected chi connectivity index (χ1v) is 25.4. The van der Waals surface area contributed by atoms with Gasteiger partial charge < -0.3 is 9.80 Å². The maximum absolute atomic E-state index is 2.65. The standard InChI is InChI=1S/C65H71BN2/c1-60(2,3)41-25-31-54-52(35-41)66-53-36-42(61(4,5)6)26-32-55(53)68(45-29-30-49-51(39-45)64(12,13)34-33-63(49,10)11)57-38-43(62(7,8)9)37-56(59(57)66)67(54)44-27-23-40(24-28-44)46-20-18-22-50-58(46)47-19-16-17-21-48(47)65(50,14)15/h16-32,35-39H,33-34H2,1-15H3. The van der Waals surface area contributed by atoms with Gasteiger partial charge in [0, 0.05) is 39.5 Å². The van der Waals surface area contributed by atoms with Crippen LogP contribution < -0.4 is 26.2 Å². The molecule has 0 atom stereocenters. The summed E-state index contributed by atoms with van der Waals surface area (Å²) in [7, 11) is 0. The van der Waals surface area contributed by atoms with Crippen molar-refractivity contribution in [1.82, 2.24) is 0 Å². The zero-order chi connectivity index (χ0) is 48.2. The highest BCUT2D eigenvalue weighted by atomic mass is 15.2. The lowest BCUT2D eigenvalue weighted by Crippen LogP contribution is -2.61. The molecule has 0 spiro atoms. The van der Waals surface area contributed by atoms with Crippen LogP contribution in [0.1, 0.15) is 156 Å². The van der Waals surface area contributed by atoms with E-state index in [1.165, 1.54) is 125 Å². The fraction of sp³-hybridized carbons (Fsp3) is 0.354. The molecule has 7 aromatic rings. The van der Waals surface area contributed by atoms with E-state index in [2.05, 4.69) is 247 Å². The molecule has 4 aliphatic rings. The van der Waals surface area contributed by atoms with Crippen molar-refractivity contribution < 1.29 is 0 Å². The Kier molecular flexibility index (Phi) is 9.61. The Morgan fingerprint density at radius 2 is 0.912 bits per heavy atom. The number of anilines is 6. The monoisotopic (exact) mass is 891 g/mol. The molecule has 2 aliphatic carbocycles. The quantitative estimate of drug-likeness (QED) is 0.163. The van der Waals surface area contributed by atoms with Crippen LogP contribution in [-0.4, -0.2) is 6.71 Å². The Bertz CT molecular complexity index is 3210. The maximum Gasteiger partial charge on any atom is 0.252 e. The smallest absolute Gasteiger partial charge is 0.252 e. The second kappa shape index (κ2) is 14.6. The van der Waals surface area contributed by atoms with E-state index in [0.29, 0.717) is 0 Å². The zero-order valence-corrected chi connectivity index (χ0v) is 43.6. The van der Waals surface area contributed by atoms with Crippen LogP contribution >= 0.6 is 0 Å². The molecule has 7 aromatic carbocycles. The molecule has 0 unspecified atom stereocenters. The summed E-state index contributed by atoms with van der Waals surface area (Å²) in [6.07, 6.45) is 2.38. The van der Waals surface area contributed by atoms with Gasteiger partial charge in [-0.15, -0.1) is 0 Å². The molecule has 0 saturated heterocycles. The molecular weight excluding hydrogens is 820 g/mol. The highest BCUT2D eigenvalue weighted by molar-refractivity contribution is 7.00. The summed E-state index contributed by atoms with van der Waals surface area (Å²) >= 11 is 0. The van der Waals surface area contributed by atoms with Crippen molar-refractivity contribution in [3.05, 3.63) is 172 Å². The van der Waals surface area contributed by atoms with Gasteiger partial charge in [0.2, 0.25) is 0 Å². The number of fused-ring (bicyclic) bond motifs is 8. The van der Waals surface area contributed by atoms with Gasteiger partial charge in [-0.2, -0.15) is 0 Å². The minimum Gasteiger partial charge on any atom is -0.311 e. The van der Waals surface area contributed by atoms with E-state index >= 15 is 0 Å². The minimum absolute atomic E-state index is 0.0181. The van der Waals surface area contributed by atoms with Crippen molar-refractivity contribution >= 4 is 57.2 Å². The van der Waals surface area contributed by atoms with Crippen molar-refractivity contribution in [2.75, 3.05) is 9.80 Å². The molecule has 0 amide bonds. The average Bonchev–Trinajstić information content (AvgIpc) is 3.52. The molecule has 0 saturated carbocycles. The molecule has 3 heteroatoms. The van der Waals surface area contributed by atoms with Crippen LogP contribution in [0.3, 0.4) is 0 Å². The predicted octanol–water partition coefficient (Wildman–Crippen LogP) is 16.0. The molecule has 0 aromatic heterocycles. The molecule has 0 fully saturated rings. The van der Waals surface area contributed by atoms with Crippen molar-refractivity contribution in [3.8, 4) is 22.3 Å². The molecule has 0 N–H and O–H groups in total. The Hall–Kier alpha value is -5.80. The maximum atomic E-state index is 2.65. The molecule has 2 aliphatic heterocycles. The zero-order valence-electron chi connectivity index (χ0n) is 43.6.